The average molecular weight is 220 g/mol. The van der Waals surface area contributed by atoms with Gasteiger partial charge in [0.2, 0.25) is 0 Å². The summed E-state index contributed by atoms with van der Waals surface area (Å²) in [6.07, 6.45) is 2.44. The third-order valence-electron chi connectivity index (χ3n) is 2.49. The molecule has 1 atom stereocenters. The SMILES string of the molecule is CCc1ccc(CNC(C)c2ncn[nH]2)o1. The summed E-state index contributed by atoms with van der Waals surface area (Å²) in [7, 11) is 0. The van der Waals surface area contributed by atoms with Crippen molar-refractivity contribution < 1.29 is 4.42 Å². The van der Waals surface area contributed by atoms with Crippen LogP contribution in [0.2, 0.25) is 0 Å². The Kier molecular flexibility index (Phi) is 3.36. The highest BCUT2D eigenvalue weighted by atomic mass is 16.3. The number of aryl methyl sites for hydroxylation is 1. The molecule has 0 aliphatic rings. The molecule has 2 aromatic rings. The third kappa shape index (κ3) is 2.49. The van der Waals surface area contributed by atoms with Crippen LogP contribution in [0.15, 0.2) is 22.9 Å². The van der Waals surface area contributed by atoms with Crippen LogP contribution in [-0.4, -0.2) is 15.2 Å². The number of hydrogen-bond acceptors (Lipinski definition) is 4. The lowest BCUT2D eigenvalue weighted by Crippen LogP contribution is -2.18. The molecule has 0 aliphatic heterocycles. The maximum atomic E-state index is 5.59. The molecule has 2 rings (SSSR count). The van der Waals surface area contributed by atoms with E-state index in [1.54, 1.807) is 0 Å². The van der Waals surface area contributed by atoms with Crippen molar-refractivity contribution in [3.05, 3.63) is 35.8 Å². The molecule has 0 fully saturated rings. The molecule has 0 saturated heterocycles. The molecular formula is C11H16N4O. The van der Waals surface area contributed by atoms with E-state index in [2.05, 4.69) is 27.4 Å². The topological polar surface area (TPSA) is 66.7 Å². The molecule has 1 unspecified atom stereocenters. The zero-order chi connectivity index (χ0) is 11.4. The van der Waals surface area contributed by atoms with Gasteiger partial charge in [-0.2, -0.15) is 5.10 Å². The van der Waals surface area contributed by atoms with Crippen molar-refractivity contribution in [3.63, 3.8) is 0 Å². The Labute approximate surface area is 94.3 Å². The van der Waals surface area contributed by atoms with Gasteiger partial charge in [0.15, 0.2) is 0 Å². The van der Waals surface area contributed by atoms with Crippen LogP contribution in [0.3, 0.4) is 0 Å². The molecule has 5 heteroatoms. The van der Waals surface area contributed by atoms with Gasteiger partial charge in [-0.1, -0.05) is 6.92 Å². The zero-order valence-electron chi connectivity index (χ0n) is 9.53. The number of aromatic nitrogens is 3. The fourth-order valence-corrected chi connectivity index (χ4v) is 1.48. The van der Waals surface area contributed by atoms with E-state index in [1.165, 1.54) is 6.33 Å². The third-order valence-corrected chi connectivity index (χ3v) is 2.49. The smallest absolute Gasteiger partial charge is 0.141 e. The minimum absolute atomic E-state index is 0.137. The number of nitrogens with one attached hydrogen (secondary N) is 2. The van der Waals surface area contributed by atoms with Crippen LogP contribution in [0.1, 0.15) is 37.2 Å². The highest BCUT2D eigenvalue weighted by molar-refractivity contribution is 5.07. The predicted molar refractivity (Wildman–Crippen MR) is 59.7 cm³/mol. The lowest BCUT2D eigenvalue weighted by Gasteiger charge is -2.08. The molecule has 0 spiro atoms. The minimum Gasteiger partial charge on any atom is -0.465 e. The van der Waals surface area contributed by atoms with E-state index < -0.39 is 0 Å². The van der Waals surface area contributed by atoms with Gasteiger partial charge in [-0.3, -0.25) is 5.10 Å². The standard InChI is InChI=1S/C11H16N4O/c1-3-9-4-5-10(16-9)6-12-8(2)11-13-7-14-15-11/h4-5,7-8,12H,3,6H2,1-2H3,(H,13,14,15). The molecule has 86 valence electrons. The highest BCUT2D eigenvalue weighted by Crippen LogP contribution is 2.10. The molecule has 2 aromatic heterocycles. The van der Waals surface area contributed by atoms with Gasteiger partial charge in [0, 0.05) is 6.42 Å². The van der Waals surface area contributed by atoms with E-state index in [0.29, 0.717) is 6.54 Å². The van der Waals surface area contributed by atoms with E-state index in [4.69, 9.17) is 4.42 Å². The monoisotopic (exact) mass is 220 g/mol. The molecule has 0 amide bonds. The molecule has 5 nitrogen and oxygen atoms in total. The Balaban J connectivity index is 1.87. The Morgan fingerprint density at radius 1 is 1.44 bits per heavy atom. The lowest BCUT2D eigenvalue weighted by molar-refractivity contribution is 0.431. The first-order chi connectivity index (χ1) is 7.79. The van der Waals surface area contributed by atoms with Crippen LogP contribution in [0.25, 0.3) is 0 Å². The summed E-state index contributed by atoms with van der Waals surface area (Å²) in [4.78, 5) is 4.09. The Morgan fingerprint density at radius 2 is 2.25 bits per heavy atom. The number of H-pyrrole nitrogens is 1. The van der Waals surface area contributed by atoms with Gasteiger partial charge in [-0.25, -0.2) is 4.98 Å². The Morgan fingerprint density at radius 3 is 2.88 bits per heavy atom. The molecule has 0 aromatic carbocycles. The van der Waals surface area contributed by atoms with Crippen molar-refractivity contribution in [1.82, 2.24) is 20.5 Å². The maximum absolute atomic E-state index is 5.59. The van der Waals surface area contributed by atoms with Gasteiger partial charge in [-0.05, 0) is 19.1 Å². The van der Waals surface area contributed by atoms with Gasteiger partial charge in [0.25, 0.3) is 0 Å². The summed E-state index contributed by atoms with van der Waals surface area (Å²) in [6.45, 7) is 4.80. The van der Waals surface area contributed by atoms with E-state index in [0.717, 1.165) is 23.8 Å². The first-order valence-electron chi connectivity index (χ1n) is 5.46. The number of rotatable bonds is 5. The predicted octanol–water partition coefficient (Wildman–Crippen LogP) is 1.81. The summed E-state index contributed by atoms with van der Waals surface area (Å²) in [5.41, 5.74) is 0. The molecule has 16 heavy (non-hydrogen) atoms. The normalized spacial score (nSPS) is 12.9. The summed E-state index contributed by atoms with van der Waals surface area (Å²) in [5.74, 6) is 2.80. The number of furan rings is 1. The molecule has 2 N–H and O–H groups in total. The molecule has 0 aliphatic carbocycles. The van der Waals surface area contributed by atoms with Crippen LogP contribution in [0, 0.1) is 0 Å². The van der Waals surface area contributed by atoms with E-state index in [1.807, 2.05) is 19.1 Å². The van der Waals surface area contributed by atoms with Crippen molar-refractivity contribution in [2.45, 2.75) is 32.9 Å². The van der Waals surface area contributed by atoms with Crippen molar-refractivity contribution in [2.75, 3.05) is 0 Å². The summed E-state index contributed by atoms with van der Waals surface area (Å²) >= 11 is 0. The van der Waals surface area contributed by atoms with Crippen LogP contribution < -0.4 is 5.32 Å². The number of aromatic amines is 1. The second-order valence-electron chi connectivity index (χ2n) is 3.69. The molecule has 0 saturated carbocycles. The van der Waals surface area contributed by atoms with Gasteiger partial charge in [0.1, 0.15) is 23.7 Å². The Bertz CT molecular complexity index is 421. The van der Waals surface area contributed by atoms with E-state index in [-0.39, 0.29) is 6.04 Å². The second-order valence-corrected chi connectivity index (χ2v) is 3.69. The molecular weight excluding hydrogens is 204 g/mol. The zero-order valence-corrected chi connectivity index (χ0v) is 9.53. The average Bonchev–Trinajstić information content (AvgIpc) is 2.96. The fourth-order valence-electron chi connectivity index (χ4n) is 1.48. The molecule has 0 radical (unpaired) electrons. The number of nitrogens with zero attached hydrogens (tertiary/aromatic N) is 2. The highest BCUT2D eigenvalue weighted by Gasteiger charge is 2.08. The van der Waals surface area contributed by atoms with Crippen molar-refractivity contribution >= 4 is 0 Å². The first-order valence-corrected chi connectivity index (χ1v) is 5.46. The van der Waals surface area contributed by atoms with Gasteiger partial charge < -0.3 is 9.73 Å². The van der Waals surface area contributed by atoms with E-state index in [9.17, 15) is 0 Å². The quantitative estimate of drug-likeness (QED) is 0.806. The largest absolute Gasteiger partial charge is 0.465 e. The van der Waals surface area contributed by atoms with Crippen LogP contribution in [0.5, 0.6) is 0 Å². The minimum atomic E-state index is 0.137. The lowest BCUT2D eigenvalue weighted by atomic mass is 10.3. The van der Waals surface area contributed by atoms with Gasteiger partial charge >= 0.3 is 0 Å². The van der Waals surface area contributed by atoms with E-state index >= 15 is 0 Å². The molecule has 2 heterocycles. The summed E-state index contributed by atoms with van der Waals surface area (Å²) in [6, 6.07) is 4.15. The first kappa shape index (κ1) is 10.9. The molecule has 0 bridgehead atoms. The summed E-state index contributed by atoms with van der Waals surface area (Å²) in [5, 5.41) is 9.96. The van der Waals surface area contributed by atoms with Crippen molar-refractivity contribution in [3.8, 4) is 0 Å². The van der Waals surface area contributed by atoms with Crippen LogP contribution >= 0.6 is 0 Å². The van der Waals surface area contributed by atoms with Gasteiger partial charge in [0.05, 0.1) is 12.6 Å². The van der Waals surface area contributed by atoms with Crippen LogP contribution in [0.4, 0.5) is 0 Å². The van der Waals surface area contributed by atoms with Crippen molar-refractivity contribution in [2.24, 2.45) is 0 Å². The van der Waals surface area contributed by atoms with Crippen LogP contribution in [-0.2, 0) is 13.0 Å². The van der Waals surface area contributed by atoms with Crippen molar-refractivity contribution in [1.29, 1.82) is 0 Å². The van der Waals surface area contributed by atoms with Gasteiger partial charge in [-0.15, -0.1) is 0 Å². The number of hydrogen-bond donors (Lipinski definition) is 2. The Hall–Kier alpha value is -1.62. The second kappa shape index (κ2) is 4.94. The summed E-state index contributed by atoms with van der Waals surface area (Å²) < 4.78 is 5.59. The maximum Gasteiger partial charge on any atom is 0.141 e. The fraction of sp³-hybridized carbons (Fsp3) is 0.455.